The van der Waals surface area contributed by atoms with Crippen molar-refractivity contribution in [3.05, 3.63) is 35.1 Å². The highest BCUT2D eigenvalue weighted by Gasteiger charge is 2.20. The fraction of sp³-hybridized carbons (Fsp3) is 0.364. The summed E-state index contributed by atoms with van der Waals surface area (Å²) in [7, 11) is 0. The number of benzene rings is 1. The molecule has 1 fully saturated rings. The highest BCUT2D eigenvalue weighted by Crippen LogP contribution is 2.26. The topological polar surface area (TPSA) is 49.3 Å². The Morgan fingerprint density at radius 1 is 1.50 bits per heavy atom. The molecule has 1 aromatic rings. The number of halogens is 2. The lowest BCUT2D eigenvalue weighted by Gasteiger charge is -2.12. The molecule has 2 rings (SSSR count). The number of aromatic carboxylic acids is 1. The van der Waals surface area contributed by atoms with E-state index < -0.39 is 5.97 Å². The maximum Gasteiger partial charge on any atom is 0.335 e. The standard InChI is InChI=1S/C11H12FNO2.ClH/c12-9-4-3-7(11(14)15)6-8(9)10-2-1-5-13-10;/h3-4,6,10,13H,1-2,5H2,(H,14,15);1H/t10-;/m1./s1. The molecular weight excluding hydrogens is 233 g/mol. The van der Waals surface area contributed by atoms with Gasteiger partial charge in [-0.2, -0.15) is 0 Å². The van der Waals surface area contributed by atoms with Crippen LogP contribution in [0.3, 0.4) is 0 Å². The predicted molar refractivity (Wildman–Crippen MR) is 60.6 cm³/mol. The smallest absolute Gasteiger partial charge is 0.335 e. The zero-order chi connectivity index (χ0) is 10.8. The van der Waals surface area contributed by atoms with Crippen LogP contribution in [0.1, 0.15) is 34.8 Å². The molecule has 3 nitrogen and oxygen atoms in total. The molecule has 16 heavy (non-hydrogen) atoms. The van der Waals surface area contributed by atoms with E-state index in [9.17, 15) is 9.18 Å². The third-order valence-electron chi connectivity index (χ3n) is 2.68. The number of hydrogen-bond donors (Lipinski definition) is 2. The molecule has 1 atom stereocenters. The van der Waals surface area contributed by atoms with Gasteiger partial charge in [0, 0.05) is 11.6 Å². The lowest BCUT2D eigenvalue weighted by atomic mass is 10.0. The average molecular weight is 246 g/mol. The predicted octanol–water partition coefficient (Wildman–Crippen LogP) is 2.37. The second-order valence-corrected chi connectivity index (χ2v) is 3.69. The third-order valence-corrected chi connectivity index (χ3v) is 2.68. The number of nitrogens with one attached hydrogen (secondary N) is 1. The summed E-state index contributed by atoms with van der Waals surface area (Å²) in [6.07, 6.45) is 1.86. The molecule has 1 saturated heterocycles. The second kappa shape index (κ2) is 5.27. The Labute approximate surface area is 99.1 Å². The monoisotopic (exact) mass is 245 g/mol. The van der Waals surface area contributed by atoms with Gasteiger partial charge < -0.3 is 10.4 Å². The van der Waals surface area contributed by atoms with E-state index in [1.807, 2.05) is 0 Å². The fourth-order valence-electron chi connectivity index (χ4n) is 1.89. The summed E-state index contributed by atoms with van der Waals surface area (Å²) < 4.78 is 13.5. The molecule has 1 aromatic carbocycles. The number of rotatable bonds is 2. The van der Waals surface area contributed by atoms with Gasteiger partial charge in [0.05, 0.1) is 5.56 Å². The molecule has 88 valence electrons. The minimum Gasteiger partial charge on any atom is -0.478 e. The van der Waals surface area contributed by atoms with Crippen LogP contribution in [0.2, 0.25) is 0 Å². The van der Waals surface area contributed by atoms with Crippen LogP contribution in [-0.2, 0) is 0 Å². The summed E-state index contributed by atoms with van der Waals surface area (Å²) in [4.78, 5) is 10.7. The second-order valence-electron chi connectivity index (χ2n) is 3.69. The van der Waals surface area contributed by atoms with Crippen LogP contribution in [0.25, 0.3) is 0 Å². The van der Waals surface area contributed by atoms with E-state index >= 15 is 0 Å². The van der Waals surface area contributed by atoms with Gasteiger partial charge in [0.25, 0.3) is 0 Å². The van der Waals surface area contributed by atoms with Crippen LogP contribution in [0.15, 0.2) is 18.2 Å². The van der Waals surface area contributed by atoms with E-state index in [0.29, 0.717) is 5.56 Å². The van der Waals surface area contributed by atoms with Crippen LogP contribution in [0, 0.1) is 5.82 Å². The van der Waals surface area contributed by atoms with Crippen LogP contribution >= 0.6 is 12.4 Å². The summed E-state index contributed by atoms with van der Waals surface area (Å²) >= 11 is 0. The molecule has 0 aliphatic carbocycles. The van der Waals surface area contributed by atoms with E-state index in [2.05, 4.69) is 5.32 Å². The molecule has 0 spiro atoms. The van der Waals surface area contributed by atoms with Crippen molar-refractivity contribution in [3.8, 4) is 0 Å². The highest BCUT2D eigenvalue weighted by molar-refractivity contribution is 5.87. The molecule has 0 unspecified atom stereocenters. The Morgan fingerprint density at radius 2 is 2.25 bits per heavy atom. The molecule has 0 radical (unpaired) electrons. The lowest BCUT2D eigenvalue weighted by molar-refractivity contribution is 0.0696. The molecule has 5 heteroatoms. The largest absolute Gasteiger partial charge is 0.478 e. The molecular formula is C11H13ClFNO2. The quantitative estimate of drug-likeness (QED) is 0.841. The van der Waals surface area contributed by atoms with Crippen LogP contribution in [-0.4, -0.2) is 17.6 Å². The van der Waals surface area contributed by atoms with Gasteiger partial charge in [-0.25, -0.2) is 9.18 Å². The van der Waals surface area contributed by atoms with Crippen molar-refractivity contribution in [1.29, 1.82) is 0 Å². The number of carboxylic acids is 1. The highest BCUT2D eigenvalue weighted by atomic mass is 35.5. The molecule has 2 N–H and O–H groups in total. The van der Waals surface area contributed by atoms with E-state index in [0.717, 1.165) is 19.4 Å². The first kappa shape index (κ1) is 12.9. The molecule has 1 heterocycles. The SMILES string of the molecule is Cl.O=C(O)c1ccc(F)c([C@H]2CCCN2)c1. The first-order valence-corrected chi connectivity index (χ1v) is 4.94. The fourth-order valence-corrected chi connectivity index (χ4v) is 1.89. The van der Waals surface area contributed by atoms with Crippen LogP contribution in [0.5, 0.6) is 0 Å². The molecule has 1 aliphatic rings. The van der Waals surface area contributed by atoms with Crippen molar-refractivity contribution in [1.82, 2.24) is 5.32 Å². The number of hydrogen-bond acceptors (Lipinski definition) is 2. The normalized spacial score (nSPS) is 19.2. The van der Waals surface area contributed by atoms with Crippen molar-refractivity contribution >= 4 is 18.4 Å². The number of carboxylic acid groups (broad SMARTS) is 1. The molecule has 0 amide bonds. The van der Waals surface area contributed by atoms with E-state index in [1.165, 1.54) is 18.2 Å². The first-order valence-electron chi connectivity index (χ1n) is 4.94. The van der Waals surface area contributed by atoms with Gasteiger partial charge in [0.2, 0.25) is 0 Å². The van der Waals surface area contributed by atoms with Crippen molar-refractivity contribution < 1.29 is 14.3 Å². The van der Waals surface area contributed by atoms with Gasteiger partial charge in [0.1, 0.15) is 5.82 Å². The Morgan fingerprint density at radius 3 is 2.81 bits per heavy atom. The zero-order valence-electron chi connectivity index (χ0n) is 8.57. The Hall–Kier alpha value is -1.13. The summed E-state index contributed by atoms with van der Waals surface area (Å²) in [6, 6.07) is 3.89. The maximum absolute atomic E-state index is 13.5. The first-order chi connectivity index (χ1) is 7.18. The minimum atomic E-state index is -1.02. The van der Waals surface area contributed by atoms with Crippen molar-refractivity contribution in [2.45, 2.75) is 18.9 Å². The zero-order valence-corrected chi connectivity index (χ0v) is 9.39. The minimum absolute atomic E-state index is 0. The van der Waals surface area contributed by atoms with Crippen molar-refractivity contribution in [3.63, 3.8) is 0 Å². The van der Waals surface area contributed by atoms with Crippen LogP contribution in [0.4, 0.5) is 4.39 Å². The van der Waals surface area contributed by atoms with Gasteiger partial charge in [-0.15, -0.1) is 12.4 Å². The summed E-state index contributed by atoms with van der Waals surface area (Å²) in [5.41, 5.74) is 0.604. The number of carbonyl (C=O) groups is 1. The van der Waals surface area contributed by atoms with Crippen LogP contribution < -0.4 is 5.32 Å². The molecule has 0 saturated carbocycles. The van der Waals surface area contributed by atoms with E-state index in [1.54, 1.807) is 0 Å². The maximum atomic E-state index is 13.5. The third kappa shape index (κ3) is 2.51. The van der Waals surface area contributed by atoms with Gasteiger partial charge in [-0.1, -0.05) is 0 Å². The Bertz CT molecular complexity index is 392. The van der Waals surface area contributed by atoms with Gasteiger partial charge >= 0.3 is 5.97 Å². The summed E-state index contributed by atoms with van der Waals surface area (Å²) in [6.45, 7) is 0.863. The van der Waals surface area contributed by atoms with Crippen molar-refractivity contribution in [2.24, 2.45) is 0 Å². The Balaban J connectivity index is 0.00000128. The summed E-state index contributed by atoms with van der Waals surface area (Å²) in [5, 5.41) is 11.9. The molecule has 0 bridgehead atoms. The van der Waals surface area contributed by atoms with Gasteiger partial charge in [-0.05, 0) is 37.6 Å². The van der Waals surface area contributed by atoms with E-state index in [4.69, 9.17) is 5.11 Å². The molecule has 1 aliphatic heterocycles. The van der Waals surface area contributed by atoms with Gasteiger partial charge in [0.15, 0.2) is 0 Å². The van der Waals surface area contributed by atoms with Gasteiger partial charge in [-0.3, -0.25) is 0 Å². The Kier molecular flexibility index (Phi) is 4.26. The van der Waals surface area contributed by atoms with E-state index in [-0.39, 0.29) is 29.8 Å². The lowest BCUT2D eigenvalue weighted by Crippen LogP contribution is -2.15. The van der Waals surface area contributed by atoms with Crippen molar-refractivity contribution in [2.75, 3.05) is 6.54 Å². The summed E-state index contributed by atoms with van der Waals surface area (Å²) in [5.74, 6) is -1.35. The average Bonchev–Trinajstić information content (AvgIpc) is 2.71. The molecule has 0 aromatic heterocycles.